The first-order chi connectivity index (χ1) is 16.9. The summed E-state index contributed by atoms with van der Waals surface area (Å²) in [5.41, 5.74) is -0.432. The van der Waals surface area contributed by atoms with E-state index in [1.807, 2.05) is 13.8 Å². The Morgan fingerprint density at radius 2 is 1.89 bits per heavy atom. The zero-order valence-corrected chi connectivity index (χ0v) is 21.4. The number of hydrogen-bond acceptors (Lipinski definition) is 6. The molecular weight excluding hydrogens is 471 g/mol. The second-order valence-corrected chi connectivity index (χ2v) is 9.87. The van der Waals surface area contributed by atoms with Crippen LogP contribution in [0.4, 0.5) is 19.0 Å². The van der Waals surface area contributed by atoms with Crippen molar-refractivity contribution in [2.45, 2.75) is 58.6 Å². The Kier molecular flexibility index (Phi) is 7.05. The third-order valence-electron chi connectivity index (χ3n) is 6.70. The average Bonchev–Trinajstić information content (AvgIpc) is 3.34. The van der Waals surface area contributed by atoms with Crippen molar-refractivity contribution in [3.8, 4) is 11.5 Å². The number of nitrogens with one attached hydrogen (secondary N) is 1. The fourth-order valence-electron chi connectivity index (χ4n) is 4.56. The van der Waals surface area contributed by atoms with Gasteiger partial charge < -0.3 is 19.5 Å². The number of aromatic nitrogens is 2. The minimum Gasteiger partial charge on any atom is -0.493 e. The molecule has 194 valence electrons. The highest BCUT2D eigenvalue weighted by Crippen LogP contribution is 2.40. The van der Waals surface area contributed by atoms with Gasteiger partial charge in [-0.2, -0.15) is 0 Å². The Bertz CT molecular complexity index is 1250. The first-order valence-corrected chi connectivity index (χ1v) is 12.0. The van der Waals surface area contributed by atoms with E-state index >= 15 is 4.39 Å². The largest absolute Gasteiger partial charge is 0.493 e. The van der Waals surface area contributed by atoms with Crippen LogP contribution in [0.15, 0.2) is 30.3 Å². The minimum absolute atomic E-state index is 0.116. The van der Waals surface area contributed by atoms with Gasteiger partial charge in [0.05, 0.1) is 30.8 Å². The molecule has 1 saturated heterocycles. The van der Waals surface area contributed by atoms with Gasteiger partial charge in [-0.05, 0) is 40.2 Å². The van der Waals surface area contributed by atoms with Crippen LogP contribution < -0.4 is 14.8 Å². The first-order valence-electron chi connectivity index (χ1n) is 12.0. The van der Waals surface area contributed by atoms with Gasteiger partial charge in [0.1, 0.15) is 23.1 Å². The molecule has 0 saturated carbocycles. The van der Waals surface area contributed by atoms with Crippen LogP contribution in [-0.4, -0.2) is 35.9 Å². The van der Waals surface area contributed by atoms with Crippen molar-refractivity contribution in [2.24, 2.45) is 5.92 Å². The topological polar surface area (TPSA) is 65.5 Å². The molecule has 2 atom stereocenters. The van der Waals surface area contributed by atoms with Crippen LogP contribution in [-0.2, 0) is 10.7 Å². The van der Waals surface area contributed by atoms with Crippen LogP contribution in [0, 0.1) is 18.7 Å². The number of ether oxygens (including phenoxy) is 3. The fraction of sp³-hybridized carbons (Fsp3) is 0.481. The molecule has 36 heavy (non-hydrogen) atoms. The molecule has 6 nitrogen and oxygen atoms in total. The van der Waals surface area contributed by atoms with Gasteiger partial charge in [0.25, 0.3) is 5.92 Å². The Labute approximate surface area is 209 Å². The number of fused-ring (bicyclic) bond motifs is 1. The molecule has 1 unspecified atom stereocenters. The van der Waals surface area contributed by atoms with Crippen LogP contribution in [0.1, 0.15) is 57.1 Å². The number of alkyl halides is 2. The van der Waals surface area contributed by atoms with Gasteiger partial charge in [0.2, 0.25) is 0 Å². The number of methoxy groups -OCH3 is 1. The Hall–Kier alpha value is -3.07. The predicted octanol–water partition coefficient (Wildman–Crippen LogP) is 6.56. The Morgan fingerprint density at radius 1 is 1.14 bits per heavy atom. The first kappa shape index (κ1) is 26.0. The predicted molar refractivity (Wildman–Crippen MR) is 132 cm³/mol. The van der Waals surface area contributed by atoms with E-state index in [1.54, 1.807) is 33.1 Å². The van der Waals surface area contributed by atoms with Crippen LogP contribution in [0.2, 0.25) is 0 Å². The standard InChI is InChI=1S/C27H32F3N3O3/c1-15(18-8-7-9-20(24(18)28)27(5,29)30)31-25-19-12-23(36-26(3,4)17-10-11-35-14-17)22(34-6)13-21(19)32-16(2)33-25/h7-9,12-13,15,17H,10-11,14H2,1-6H3,(H,31,32,33)/t15-,17?/m1/s1. The zero-order valence-electron chi connectivity index (χ0n) is 21.4. The molecule has 2 heterocycles. The summed E-state index contributed by atoms with van der Waals surface area (Å²) in [6, 6.07) is 6.94. The maximum atomic E-state index is 15.0. The highest BCUT2D eigenvalue weighted by molar-refractivity contribution is 5.92. The third kappa shape index (κ3) is 5.21. The highest BCUT2D eigenvalue weighted by atomic mass is 19.3. The van der Waals surface area contributed by atoms with Crippen LogP contribution in [0.5, 0.6) is 11.5 Å². The highest BCUT2D eigenvalue weighted by Gasteiger charge is 2.35. The van der Waals surface area contributed by atoms with E-state index in [2.05, 4.69) is 15.3 Å². The van der Waals surface area contributed by atoms with Crippen molar-refractivity contribution < 1.29 is 27.4 Å². The summed E-state index contributed by atoms with van der Waals surface area (Å²) in [5, 5.41) is 3.83. The van der Waals surface area contributed by atoms with Gasteiger partial charge in [-0.3, -0.25) is 0 Å². The molecule has 1 aromatic heterocycles. The third-order valence-corrected chi connectivity index (χ3v) is 6.70. The number of benzene rings is 2. The summed E-state index contributed by atoms with van der Waals surface area (Å²) in [6.07, 6.45) is 0.900. The van der Waals surface area contributed by atoms with Crippen LogP contribution in [0.25, 0.3) is 10.9 Å². The lowest BCUT2D eigenvalue weighted by atomic mass is 9.90. The molecule has 1 fully saturated rings. The molecule has 2 aromatic carbocycles. The van der Waals surface area contributed by atoms with E-state index in [-0.39, 0.29) is 11.5 Å². The van der Waals surface area contributed by atoms with Gasteiger partial charge >= 0.3 is 0 Å². The molecule has 9 heteroatoms. The normalized spacial score (nSPS) is 17.3. The molecular formula is C27H32F3N3O3. The van der Waals surface area contributed by atoms with Gasteiger partial charge in [-0.1, -0.05) is 18.2 Å². The zero-order chi connectivity index (χ0) is 26.3. The van der Waals surface area contributed by atoms with Crippen molar-refractivity contribution in [3.05, 3.63) is 53.1 Å². The molecule has 0 bridgehead atoms. The van der Waals surface area contributed by atoms with Crippen LogP contribution >= 0.6 is 0 Å². The lowest BCUT2D eigenvalue weighted by Gasteiger charge is -2.32. The summed E-state index contributed by atoms with van der Waals surface area (Å²) in [4.78, 5) is 9.05. The molecule has 0 spiro atoms. The van der Waals surface area contributed by atoms with E-state index in [1.165, 1.54) is 12.1 Å². The molecule has 1 aliphatic rings. The van der Waals surface area contributed by atoms with E-state index < -0.39 is 28.9 Å². The van der Waals surface area contributed by atoms with Gasteiger partial charge in [0.15, 0.2) is 11.5 Å². The molecule has 0 amide bonds. The SMILES string of the molecule is COc1cc2nc(C)nc(N[C@H](C)c3cccc(C(C)(F)F)c3F)c2cc1OC(C)(C)C1CCOC1. The summed E-state index contributed by atoms with van der Waals surface area (Å²) in [6.45, 7) is 9.48. The van der Waals surface area contributed by atoms with E-state index in [4.69, 9.17) is 14.2 Å². The molecule has 3 aromatic rings. The monoisotopic (exact) mass is 503 g/mol. The second kappa shape index (κ2) is 9.76. The van der Waals surface area contributed by atoms with Crippen molar-refractivity contribution in [1.82, 2.24) is 9.97 Å². The summed E-state index contributed by atoms with van der Waals surface area (Å²) < 4.78 is 60.4. The smallest absolute Gasteiger partial charge is 0.273 e. The maximum Gasteiger partial charge on any atom is 0.273 e. The fourth-order valence-corrected chi connectivity index (χ4v) is 4.56. The van der Waals surface area contributed by atoms with Crippen molar-refractivity contribution in [1.29, 1.82) is 0 Å². The summed E-state index contributed by atoms with van der Waals surface area (Å²) in [5.74, 6) is -2.04. The average molecular weight is 504 g/mol. The van der Waals surface area contributed by atoms with E-state index in [0.717, 1.165) is 12.5 Å². The lowest BCUT2D eigenvalue weighted by molar-refractivity contribution is 0.0135. The number of nitrogens with zero attached hydrogens (tertiary/aromatic N) is 2. The lowest BCUT2D eigenvalue weighted by Crippen LogP contribution is -2.38. The molecule has 1 N–H and O–H groups in total. The number of hydrogen-bond donors (Lipinski definition) is 1. The Balaban J connectivity index is 1.73. The van der Waals surface area contributed by atoms with Gasteiger partial charge in [0, 0.05) is 36.5 Å². The van der Waals surface area contributed by atoms with Gasteiger partial charge in [-0.25, -0.2) is 23.1 Å². The molecule has 0 aliphatic carbocycles. The number of anilines is 1. The van der Waals surface area contributed by atoms with Crippen molar-refractivity contribution >= 4 is 16.7 Å². The van der Waals surface area contributed by atoms with Gasteiger partial charge in [-0.15, -0.1) is 0 Å². The Morgan fingerprint density at radius 3 is 2.53 bits per heavy atom. The summed E-state index contributed by atoms with van der Waals surface area (Å²) in [7, 11) is 1.56. The molecule has 1 aliphatic heterocycles. The second-order valence-electron chi connectivity index (χ2n) is 9.87. The van der Waals surface area contributed by atoms with Crippen LogP contribution in [0.3, 0.4) is 0 Å². The number of halogens is 3. The number of rotatable bonds is 8. The van der Waals surface area contributed by atoms with E-state index in [0.29, 0.717) is 54.2 Å². The number of aryl methyl sites for hydroxylation is 1. The van der Waals surface area contributed by atoms with Crippen molar-refractivity contribution in [2.75, 3.05) is 25.6 Å². The van der Waals surface area contributed by atoms with Crippen molar-refractivity contribution in [3.63, 3.8) is 0 Å². The maximum absolute atomic E-state index is 15.0. The minimum atomic E-state index is -3.29. The quantitative estimate of drug-likeness (QED) is 0.375. The van der Waals surface area contributed by atoms with E-state index in [9.17, 15) is 8.78 Å². The summed E-state index contributed by atoms with van der Waals surface area (Å²) >= 11 is 0. The molecule has 4 rings (SSSR count). The molecule has 0 radical (unpaired) electrons.